The third-order valence-corrected chi connectivity index (χ3v) is 11.6. The highest BCUT2D eigenvalue weighted by atomic mass is 32.2. The maximum absolute atomic E-state index is 14.7. The van der Waals surface area contributed by atoms with Gasteiger partial charge in [0.1, 0.15) is 18.4 Å². The summed E-state index contributed by atoms with van der Waals surface area (Å²) in [6.45, 7) is -0.565. The number of halogens is 5. The van der Waals surface area contributed by atoms with Gasteiger partial charge in [-0.05, 0) is 54.5 Å². The van der Waals surface area contributed by atoms with Crippen molar-refractivity contribution in [1.29, 1.82) is 0 Å². The number of ether oxygens (including phenoxy) is 1. The van der Waals surface area contributed by atoms with E-state index < -0.39 is 68.4 Å². The topological polar surface area (TPSA) is 100 Å². The SMILES string of the molecule is CN(C)C(=O)c1ccc(N(Cc2ccc(C3CCCCC3)cn2)C(=O)C2CCN2S(=O)(=O)c2c(F)c(F)c(F)c(F)c2F)cc1OCc1ccccc1. The summed E-state index contributed by atoms with van der Waals surface area (Å²) in [7, 11) is -2.28. The molecule has 15 heteroatoms. The molecule has 0 radical (unpaired) electrons. The number of pyridine rings is 1. The molecule has 1 saturated heterocycles. The predicted octanol–water partition coefficient (Wildman–Crippen LogP) is 7.10. The van der Waals surface area contributed by atoms with E-state index >= 15 is 0 Å². The first kappa shape index (κ1) is 37.9. The molecular weight excluding hydrogens is 719 g/mol. The van der Waals surface area contributed by atoms with Crippen LogP contribution in [0.25, 0.3) is 0 Å². The van der Waals surface area contributed by atoms with Crippen LogP contribution in [-0.2, 0) is 28.0 Å². The molecule has 0 spiro atoms. The van der Waals surface area contributed by atoms with E-state index in [2.05, 4.69) is 4.98 Å². The Bertz CT molecular complexity index is 2080. The van der Waals surface area contributed by atoms with Crippen LogP contribution >= 0.6 is 0 Å². The van der Waals surface area contributed by atoms with Crippen LogP contribution in [0.5, 0.6) is 5.75 Å². The molecule has 280 valence electrons. The van der Waals surface area contributed by atoms with Gasteiger partial charge in [0.2, 0.25) is 21.7 Å². The van der Waals surface area contributed by atoms with Crippen LogP contribution in [0.3, 0.4) is 0 Å². The summed E-state index contributed by atoms with van der Waals surface area (Å²) < 4.78 is 105. The van der Waals surface area contributed by atoms with Crippen molar-refractivity contribution in [3.05, 3.63) is 118 Å². The fourth-order valence-electron chi connectivity index (χ4n) is 6.62. The van der Waals surface area contributed by atoms with Crippen LogP contribution in [0.4, 0.5) is 27.6 Å². The van der Waals surface area contributed by atoms with Crippen molar-refractivity contribution in [3.63, 3.8) is 0 Å². The third-order valence-electron chi connectivity index (χ3n) is 9.65. The molecule has 6 rings (SSSR count). The van der Waals surface area contributed by atoms with Crippen molar-refractivity contribution >= 4 is 27.5 Å². The van der Waals surface area contributed by atoms with Gasteiger partial charge < -0.3 is 14.5 Å². The molecule has 9 nitrogen and oxygen atoms in total. The zero-order chi connectivity index (χ0) is 38.0. The fourth-order valence-corrected chi connectivity index (χ4v) is 8.37. The van der Waals surface area contributed by atoms with Gasteiger partial charge in [0.25, 0.3) is 5.91 Å². The van der Waals surface area contributed by atoms with E-state index in [0.29, 0.717) is 15.9 Å². The number of amides is 2. The molecule has 3 aromatic carbocycles. The molecule has 1 saturated carbocycles. The third kappa shape index (κ3) is 7.63. The Labute approximate surface area is 304 Å². The average molecular weight is 757 g/mol. The van der Waals surface area contributed by atoms with E-state index in [0.717, 1.165) is 36.8 Å². The highest BCUT2D eigenvalue weighted by Crippen LogP contribution is 2.37. The maximum Gasteiger partial charge on any atom is 0.257 e. The molecule has 1 aliphatic carbocycles. The zero-order valence-electron chi connectivity index (χ0n) is 29.0. The molecule has 1 atom stereocenters. The Morgan fingerprint density at radius 3 is 2.09 bits per heavy atom. The standard InChI is InChI=1S/C38H37F5N4O5S/c1-45(2)37(48)28-16-15-27(19-30(28)52-22-23-9-5-3-6-10-23)46(21-26-14-13-25(20-44-26)24-11-7-4-8-12-24)38(49)29-17-18-47(29)53(50,51)36-34(42)32(40)31(39)33(41)35(36)43/h3,5-6,9-10,13-16,19-20,24,29H,4,7-8,11-12,17-18,21-22H2,1-2H3. The molecule has 2 heterocycles. The predicted molar refractivity (Wildman–Crippen MR) is 185 cm³/mol. The van der Waals surface area contributed by atoms with E-state index in [-0.39, 0.29) is 36.6 Å². The lowest BCUT2D eigenvalue weighted by atomic mass is 9.85. The number of rotatable bonds is 11. The summed E-state index contributed by atoms with van der Waals surface area (Å²) in [6, 6.07) is 15.6. The van der Waals surface area contributed by atoms with Gasteiger partial charge in [-0.1, -0.05) is 55.7 Å². The Morgan fingerprint density at radius 1 is 0.849 bits per heavy atom. The molecule has 0 bridgehead atoms. The minimum Gasteiger partial charge on any atom is -0.488 e. The van der Waals surface area contributed by atoms with Crippen molar-refractivity contribution < 1.29 is 44.7 Å². The van der Waals surface area contributed by atoms with E-state index in [1.165, 1.54) is 34.4 Å². The first-order chi connectivity index (χ1) is 25.3. The number of aromatic nitrogens is 1. The van der Waals surface area contributed by atoms with Gasteiger partial charge in [-0.15, -0.1) is 0 Å². The van der Waals surface area contributed by atoms with Gasteiger partial charge >= 0.3 is 0 Å². The minimum absolute atomic E-state index is 0.0622. The second-order valence-corrected chi connectivity index (χ2v) is 15.1. The van der Waals surface area contributed by atoms with Crippen LogP contribution < -0.4 is 9.64 Å². The van der Waals surface area contributed by atoms with Crippen molar-refractivity contribution in [2.75, 3.05) is 25.5 Å². The summed E-state index contributed by atoms with van der Waals surface area (Å²) in [5.41, 5.74) is 2.61. The Kier molecular flexibility index (Phi) is 11.1. The molecule has 53 heavy (non-hydrogen) atoms. The van der Waals surface area contributed by atoms with Crippen LogP contribution in [0.1, 0.15) is 71.6 Å². The molecule has 1 aromatic heterocycles. The number of nitrogens with zero attached hydrogens (tertiary/aromatic N) is 4. The van der Waals surface area contributed by atoms with E-state index in [9.17, 15) is 40.0 Å². The summed E-state index contributed by atoms with van der Waals surface area (Å²) in [5.74, 6) is -13.2. The number of carbonyl (C=O) groups excluding carboxylic acids is 2. The fraction of sp³-hybridized carbons (Fsp3) is 0.342. The summed E-state index contributed by atoms with van der Waals surface area (Å²) >= 11 is 0. The lowest BCUT2D eigenvalue weighted by Gasteiger charge is -2.41. The Morgan fingerprint density at radius 2 is 1.51 bits per heavy atom. The van der Waals surface area contributed by atoms with E-state index in [4.69, 9.17) is 4.74 Å². The molecular formula is C38H37F5N4O5S. The smallest absolute Gasteiger partial charge is 0.257 e. The van der Waals surface area contributed by atoms with Crippen molar-refractivity contribution in [3.8, 4) is 5.75 Å². The first-order valence-electron chi connectivity index (χ1n) is 17.1. The Hall–Kier alpha value is -4.89. The largest absolute Gasteiger partial charge is 0.488 e. The summed E-state index contributed by atoms with van der Waals surface area (Å²) in [6.07, 6.45) is 7.09. The number of carbonyl (C=O) groups is 2. The first-order valence-corrected chi connectivity index (χ1v) is 18.6. The second kappa shape index (κ2) is 15.6. The lowest BCUT2D eigenvalue weighted by Crippen LogP contribution is -2.59. The van der Waals surface area contributed by atoms with Crippen LogP contribution in [-0.4, -0.2) is 61.1 Å². The Balaban J connectivity index is 1.38. The number of hydrogen-bond donors (Lipinski definition) is 0. The monoisotopic (exact) mass is 756 g/mol. The molecule has 2 amide bonds. The lowest BCUT2D eigenvalue weighted by molar-refractivity contribution is -0.125. The van der Waals surface area contributed by atoms with Crippen molar-refractivity contribution in [1.82, 2.24) is 14.2 Å². The number of anilines is 1. The highest BCUT2D eigenvalue weighted by molar-refractivity contribution is 7.89. The normalized spacial score (nSPS) is 16.5. The van der Waals surface area contributed by atoms with Gasteiger partial charge in [-0.25, -0.2) is 30.4 Å². The number of benzene rings is 3. The molecule has 4 aromatic rings. The average Bonchev–Trinajstić information content (AvgIpc) is 3.14. The molecule has 2 aliphatic rings. The maximum atomic E-state index is 14.7. The molecule has 1 aliphatic heterocycles. The van der Waals surface area contributed by atoms with Gasteiger partial charge in [0, 0.05) is 38.6 Å². The van der Waals surface area contributed by atoms with Gasteiger partial charge in [0.15, 0.2) is 28.2 Å². The quantitative estimate of drug-likeness (QED) is 0.0920. The second-order valence-electron chi connectivity index (χ2n) is 13.3. The van der Waals surface area contributed by atoms with Gasteiger partial charge in [-0.3, -0.25) is 14.6 Å². The van der Waals surface area contributed by atoms with Crippen molar-refractivity contribution in [2.45, 2.75) is 68.5 Å². The number of sulfonamides is 1. The van der Waals surface area contributed by atoms with Gasteiger partial charge in [0.05, 0.1) is 17.8 Å². The summed E-state index contributed by atoms with van der Waals surface area (Å²) in [4.78, 5) is 32.7. The van der Waals surface area contributed by atoms with Crippen LogP contribution in [0, 0.1) is 29.1 Å². The van der Waals surface area contributed by atoms with Crippen LogP contribution in [0.2, 0.25) is 0 Å². The van der Waals surface area contributed by atoms with Gasteiger partial charge in [-0.2, -0.15) is 4.31 Å². The van der Waals surface area contributed by atoms with Crippen LogP contribution in [0.15, 0.2) is 71.8 Å². The van der Waals surface area contributed by atoms with E-state index in [1.54, 1.807) is 26.4 Å². The number of hydrogen-bond acceptors (Lipinski definition) is 6. The molecule has 0 N–H and O–H groups in total. The minimum atomic E-state index is -5.40. The molecule has 2 fully saturated rings. The zero-order valence-corrected chi connectivity index (χ0v) is 29.8. The van der Waals surface area contributed by atoms with Crippen molar-refractivity contribution in [2.24, 2.45) is 0 Å². The van der Waals surface area contributed by atoms with E-state index in [1.807, 2.05) is 36.4 Å². The summed E-state index contributed by atoms with van der Waals surface area (Å²) in [5, 5.41) is 0. The molecule has 1 unspecified atom stereocenters. The highest BCUT2D eigenvalue weighted by Gasteiger charge is 2.48.